The third kappa shape index (κ3) is 3.04. The van der Waals surface area contributed by atoms with Crippen LogP contribution in [-0.4, -0.2) is 23.6 Å². The van der Waals surface area contributed by atoms with E-state index in [2.05, 4.69) is 41.1 Å². The van der Waals surface area contributed by atoms with Crippen molar-refractivity contribution in [2.45, 2.75) is 62.5 Å². The van der Waals surface area contributed by atoms with Gasteiger partial charge in [-0.25, -0.2) is 0 Å². The van der Waals surface area contributed by atoms with E-state index in [9.17, 15) is 0 Å². The highest BCUT2D eigenvalue weighted by Crippen LogP contribution is 2.35. The molecule has 20 heavy (non-hydrogen) atoms. The molecule has 2 aliphatic rings. The minimum absolute atomic E-state index is 0.200. The molecule has 0 amide bonds. The molecule has 3 rings (SSSR count). The molecule has 0 aromatic heterocycles. The zero-order valence-corrected chi connectivity index (χ0v) is 13.7. The van der Waals surface area contributed by atoms with Crippen LogP contribution >= 0.6 is 15.9 Å². The van der Waals surface area contributed by atoms with Crippen LogP contribution in [0.5, 0.6) is 5.75 Å². The summed E-state index contributed by atoms with van der Waals surface area (Å²) in [5, 5.41) is 0. The van der Waals surface area contributed by atoms with Crippen molar-refractivity contribution in [3.63, 3.8) is 0 Å². The topological polar surface area (TPSA) is 18.5 Å². The van der Waals surface area contributed by atoms with Crippen molar-refractivity contribution in [2.24, 2.45) is 0 Å². The number of hydrogen-bond acceptors (Lipinski definition) is 2. The quantitative estimate of drug-likeness (QED) is 0.746. The van der Waals surface area contributed by atoms with E-state index in [1.165, 1.54) is 36.8 Å². The van der Waals surface area contributed by atoms with E-state index in [4.69, 9.17) is 9.47 Å². The average Bonchev–Trinajstić information content (AvgIpc) is 2.47. The smallest absolute Gasteiger partial charge is 0.127 e. The highest BCUT2D eigenvalue weighted by Gasteiger charge is 2.42. The van der Waals surface area contributed by atoms with Crippen LogP contribution in [0.4, 0.5) is 0 Å². The molecule has 2 aliphatic carbocycles. The van der Waals surface area contributed by atoms with Crippen LogP contribution in [0, 0.1) is 0 Å². The van der Waals surface area contributed by atoms with Gasteiger partial charge in [0, 0.05) is 17.9 Å². The molecule has 3 unspecified atom stereocenters. The van der Waals surface area contributed by atoms with E-state index in [0.29, 0.717) is 4.83 Å². The van der Waals surface area contributed by atoms with E-state index in [1.54, 1.807) is 0 Å². The SMILES string of the molecule is CCCOC1C(Br)CC1Oc1ccc2c(c1)CCCC2. The van der Waals surface area contributed by atoms with Crippen molar-refractivity contribution in [1.29, 1.82) is 0 Å². The maximum Gasteiger partial charge on any atom is 0.127 e. The van der Waals surface area contributed by atoms with Crippen molar-refractivity contribution in [2.75, 3.05) is 6.61 Å². The van der Waals surface area contributed by atoms with Gasteiger partial charge in [0.05, 0.1) is 0 Å². The van der Waals surface area contributed by atoms with Gasteiger partial charge in [0.1, 0.15) is 18.0 Å². The first kappa shape index (κ1) is 14.4. The van der Waals surface area contributed by atoms with E-state index in [1.807, 2.05) is 0 Å². The van der Waals surface area contributed by atoms with Gasteiger partial charge in [-0.05, 0) is 55.4 Å². The second-order valence-corrected chi connectivity index (χ2v) is 7.06. The number of aryl methyl sites for hydroxylation is 2. The predicted octanol–water partition coefficient (Wildman–Crippen LogP) is 4.28. The van der Waals surface area contributed by atoms with Gasteiger partial charge in [-0.2, -0.15) is 0 Å². The Balaban J connectivity index is 1.63. The fourth-order valence-corrected chi connectivity index (χ4v) is 3.93. The Labute approximate surface area is 130 Å². The van der Waals surface area contributed by atoms with Crippen LogP contribution in [0.3, 0.4) is 0 Å². The highest BCUT2D eigenvalue weighted by atomic mass is 79.9. The summed E-state index contributed by atoms with van der Waals surface area (Å²) in [6, 6.07) is 6.62. The zero-order valence-electron chi connectivity index (χ0n) is 12.1. The van der Waals surface area contributed by atoms with Crippen molar-refractivity contribution in [3.05, 3.63) is 29.3 Å². The van der Waals surface area contributed by atoms with Crippen LogP contribution in [0.25, 0.3) is 0 Å². The van der Waals surface area contributed by atoms with Crippen LogP contribution in [-0.2, 0) is 17.6 Å². The fourth-order valence-electron chi connectivity index (χ4n) is 3.07. The molecule has 0 heterocycles. The molecule has 1 aromatic carbocycles. The summed E-state index contributed by atoms with van der Waals surface area (Å²) in [6.45, 7) is 2.96. The third-order valence-corrected chi connectivity index (χ3v) is 5.20. The maximum absolute atomic E-state index is 6.14. The minimum atomic E-state index is 0.200. The second-order valence-electron chi connectivity index (χ2n) is 5.88. The third-order valence-electron chi connectivity index (χ3n) is 4.30. The molecule has 0 bridgehead atoms. The molecular weight excluding hydrogens is 316 g/mol. The van der Waals surface area contributed by atoms with Crippen LogP contribution in [0.2, 0.25) is 0 Å². The lowest BCUT2D eigenvalue weighted by Crippen LogP contribution is -2.52. The minimum Gasteiger partial charge on any atom is -0.488 e. The van der Waals surface area contributed by atoms with Crippen molar-refractivity contribution in [1.82, 2.24) is 0 Å². The molecule has 1 fully saturated rings. The lowest BCUT2D eigenvalue weighted by Gasteiger charge is -2.41. The molecule has 0 aliphatic heterocycles. The fraction of sp³-hybridized carbons (Fsp3) is 0.647. The normalized spacial score (nSPS) is 28.6. The molecule has 0 radical (unpaired) electrons. The van der Waals surface area contributed by atoms with Gasteiger partial charge in [-0.1, -0.05) is 28.9 Å². The molecule has 1 aromatic rings. The Kier molecular flexibility index (Phi) is 4.67. The number of alkyl halides is 1. The van der Waals surface area contributed by atoms with Crippen molar-refractivity contribution >= 4 is 15.9 Å². The lowest BCUT2D eigenvalue weighted by atomic mass is 9.90. The lowest BCUT2D eigenvalue weighted by molar-refractivity contribution is -0.0762. The van der Waals surface area contributed by atoms with E-state index in [-0.39, 0.29) is 12.2 Å². The van der Waals surface area contributed by atoms with Gasteiger partial charge in [0.25, 0.3) is 0 Å². The van der Waals surface area contributed by atoms with Gasteiger partial charge >= 0.3 is 0 Å². The molecule has 1 saturated carbocycles. The van der Waals surface area contributed by atoms with Crippen LogP contribution < -0.4 is 4.74 Å². The molecule has 2 nitrogen and oxygen atoms in total. The van der Waals surface area contributed by atoms with Gasteiger partial charge in [0.2, 0.25) is 0 Å². The van der Waals surface area contributed by atoms with Gasteiger partial charge < -0.3 is 9.47 Å². The largest absolute Gasteiger partial charge is 0.488 e. The Hall–Kier alpha value is -0.540. The second kappa shape index (κ2) is 6.48. The first-order valence-corrected chi connectivity index (χ1v) is 8.73. The Morgan fingerprint density at radius 3 is 2.75 bits per heavy atom. The number of fused-ring (bicyclic) bond motifs is 1. The number of rotatable bonds is 5. The monoisotopic (exact) mass is 338 g/mol. The maximum atomic E-state index is 6.14. The van der Waals surface area contributed by atoms with E-state index >= 15 is 0 Å². The average molecular weight is 339 g/mol. The van der Waals surface area contributed by atoms with E-state index in [0.717, 1.165) is 25.2 Å². The summed E-state index contributed by atoms with van der Waals surface area (Å²) in [6.07, 6.45) is 7.56. The molecule has 3 heteroatoms. The predicted molar refractivity (Wildman–Crippen MR) is 84.9 cm³/mol. The molecule has 0 spiro atoms. The molecule has 0 N–H and O–H groups in total. The Bertz CT molecular complexity index is 460. The van der Waals surface area contributed by atoms with Crippen LogP contribution in [0.1, 0.15) is 43.7 Å². The Morgan fingerprint density at radius 2 is 2.00 bits per heavy atom. The molecule has 3 atom stereocenters. The Morgan fingerprint density at radius 1 is 1.20 bits per heavy atom. The van der Waals surface area contributed by atoms with Crippen LogP contribution in [0.15, 0.2) is 18.2 Å². The van der Waals surface area contributed by atoms with Gasteiger partial charge in [-0.15, -0.1) is 0 Å². The van der Waals surface area contributed by atoms with Gasteiger partial charge in [0.15, 0.2) is 0 Å². The summed E-state index contributed by atoms with van der Waals surface area (Å²) < 4.78 is 12.0. The van der Waals surface area contributed by atoms with E-state index < -0.39 is 0 Å². The number of ether oxygens (including phenoxy) is 2. The highest BCUT2D eigenvalue weighted by molar-refractivity contribution is 9.09. The first-order chi connectivity index (χ1) is 9.78. The molecule has 110 valence electrons. The number of halogens is 1. The molecular formula is C17H23BrO2. The van der Waals surface area contributed by atoms with Crippen molar-refractivity contribution < 1.29 is 9.47 Å². The summed E-state index contributed by atoms with van der Waals surface area (Å²) in [4.78, 5) is 0.441. The standard InChI is InChI=1S/C17H23BrO2/c1-2-9-19-17-15(18)11-16(17)20-14-8-7-12-5-3-4-6-13(12)10-14/h7-8,10,15-17H,2-6,9,11H2,1H3. The summed E-state index contributed by atoms with van der Waals surface area (Å²) in [5.41, 5.74) is 2.99. The van der Waals surface area contributed by atoms with Gasteiger partial charge in [-0.3, -0.25) is 0 Å². The number of hydrogen-bond donors (Lipinski definition) is 0. The number of benzene rings is 1. The zero-order chi connectivity index (χ0) is 13.9. The molecule has 0 saturated heterocycles. The first-order valence-electron chi connectivity index (χ1n) is 7.82. The van der Waals surface area contributed by atoms with Crippen molar-refractivity contribution in [3.8, 4) is 5.75 Å². The summed E-state index contributed by atoms with van der Waals surface area (Å²) in [7, 11) is 0. The summed E-state index contributed by atoms with van der Waals surface area (Å²) in [5.74, 6) is 1.01. The summed E-state index contributed by atoms with van der Waals surface area (Å²) >= 11 is 3.67.